The molecule has 2 N–H and O–H groups in total. The highest BCUT2D eigenvalue weighted by Gasteiger charge is 2.19. The molecule has 1 aliphatic carbocycles. The van der Waals surface area contributed by atoms with Crippen molar-refractivity contribution in [3.63, 3.8) is 0 Å². The van der Waals surface area contributed by atoms with Crippen molar-refractivity contribution in [2.24, 2.45) is 0 Å². The number of rotatable bonds is 2. The molecule has 3 heteroatoms. The Morgan fingerprint density at radius 2 is 1.94 bits per heavy atom. The fraction of sp³-hybridized carbons (Fsp3) is 0.538. The Kier molecular flexibility index (Phi) is 3.59. The van der Waals surface area contributed by atoms with E-state index in [0.717, 1.165) is 11.4 Å². The van der Waals surface area contributed by atoms with Crippen molar-refractivity contribution in [3.8, 4) is 0 Å². The van der Waals surface area contributed by atoms with E-state index in [2.05, 4.69) is 11.9 Å². The first kappa shape index (κ1) is 11.6. The van der Waals surface area contributed by atoms with Crippen LogP contribution in [0.1, 0.15) is 32.1 Å². The predicted octanol–water partition coefficient (Wildman–Crippen LogP) is 3.69. The second kappa shape index (κ2) is 4.96. The Morgan fingerprint density at radius 1 is 1.25 bits per heavy atom. The number of nitrogens with zero attached hydrogens (tertiary/aromatic N) is 1. The number of hydrogen-bond acceptors (Lipinski definition) is 2. The van der Waals surface area contributed by atoms with E-state index < -0.39 is 0 Å². The minimum atomic E-state index is 0.636. The molecule has 1 fully saturated rings. The van der Waals surface area contributed by atoms with E-state index in [1.807, 2.05) is 18.2 Å². The maximum absolute atomic E-state index is 6.00. The molecule has 0 radical (unpaired) electrons. The molecule has 0 unspecified atom stereocenters. The Bertz CT molecular complexity index is 359. The van der Waals surface area contributed by atoms with Gasteiger partial charge in [0.1, 0.15) is 0 Å². The van der Waals surface area contributed by atoms with Crippen LogP contribution >= 0.6 is 11.6 Å². The first-order chi connectivity index (χ1) is 7.68. The lowest BCUT2D eigenvalue weighted by molar-refractivity contribution is 0.428. The summed E-state index contributed by atoms with van der Waals surface area (Å²) in [4.78, 5) is 2.31. The van der Waals surface area contributed by atoms with Crippen molar-refractivity contribution in [2.45, 2.75) is 38.1 Å². The molecule has 16 heavy (non-hydrogen) atoms. The van der Waals surface area contributed by atoms with Crippen LogP contribution in [0.15, 0.2) is 18.2 Å². The van der Waals surface area contributed by atoms with Crippen LogP contribution in [0.2, 0.25) is 5.02 Å². The SMILES string of the molecule is CN(c1ccc(Cl)cc1N)C1CCCCC1. The van der Waals surface area contributed by atoms with Crippen molar-refractivity contribution in [1.82, 2.24) is 0 Å². The maximum Gasteiger partial charge on any atom is 0.0600 e. The second-order valence-electron chi connectivity index (χ2n) is 4.61. The third kappa shape index (κ3) is 2.43. The fourth-order valence-corrected chi connectivity index (χ4v) is 2.69. The molecule has 2 nitrogen and oxygen atoms in total. The van der Waals surface area contributed by atoms with Gasteiger partial charge < -0.3 is 10.6 Å². The Balaban J connectivity index is 2.15. The van der Waals surface area contributed by atoms with Gasteiger partial charge >= 0.3 is 0 Å². The molecular weight excluding hydrogens is 220 g/mol. The Labute approximate surface area is 102 Å². The highest BCUT2D eigenvalue weighted by molar-refractivity contribution is 6.31. The van der Waals surface area contributed by atoms with Crippen molar-refractivity contribution in [1.29, 1.82) is 0 Å². The molecule has 1 aliphatic rings. The number of benzene rings is 1. The van der Waals surface area contributed by atoms with E-state index in [1.54, 1.807) is 0 Å². The molecule has 0 heterocycles. The minimum absolute atomic E-state index is 0.636. The number of nitrogen functional groups attached to an aromatic ring is 1. The summed E-state index contributed by atoms with van der Waals surface area (Å²) in [5.74, 6) is 0. The molecule has 0 amide bonds. The highest BCUT2D eigenvalue weighted by atomic mass is 35.5. The zero-order valence-corrected chi connectivity index (χ0v) is 10.5. The van der Waals surface area contributed by atoms with Crippen LogP contribution in [-0.4, -0.2) is 13.1 Å². The van der Waals surface area contributed by atoms with Crippen LogP contribution in [0, 0.1) is 0 Å². The standard InChI is InChI=1S/C13H19ClN2/c1-16(11-5-3-2-4-6-11)13-8-7-10(14)9-12(13)15/h7-9,11H,2-6,15H2,1H3. The maximum atomic E-state index is 6.00. The first-order valence-corrected chi connectivity index (χ1v) is 6.34. The van der Waals surface area contributed by atoms with Crippen LogP contribution in [0.5, 0.6) is 0 Å². The normalized spacial score (nSPS) is 17.4. The molecule has 0 saturated heterocycles. The lowest BCUT2D eigenvalue weighted by Crippen LogP contribution is -2.33. The van der Waals surface area contributed by atoms with E-state index in [9.17, 15) is 0 Å². The predicted molar refractivity (Wildman–Crippen MR) is 71.1 cm³/mol. The fourth-order valence-electron chi connectivity index (χ4n) is 2.51. The number of nitrogens with two attached hydrogens (primary N) is 1. The van der Waals surface area contributed by atoms with Gasteiger partial charge in [-0.25, -0.2) is 0 Å². The largest absolute Gasteiger partial charge is 0.397 e. The monoisotopic (exact) mass is 238 g/mol. The van der Waals surface area contributed by atoms with Gasteiger partial charge in [0.05, 0.1) is 11.4 Å². The average Bonchev–Trinajstić information content (AvgIpc) is 2.29. The first-order valence-electron chi connectivity index (χ1n) is 5.96. The summed E-state index contributed by atoms with van der Waals surface area (Å²) >= 11 is 5.91. The van der Waals surface area contributed by atoms with E-state index in [1.165, 1.54) is 32.1 Å². The summed E-state index contributed by atoms with van der Waals surface area (Å²) in [5, 5.41) is 0.707. The molecule has 0 spiro atoms. The molecule has 1 aromatic carbocycles. The van der Waals surface area contributed by atoms with Gasteiger partial charge in [-0.1, -0.05) is 30.9 Å². The van der Waals surface area contributed by atoms with E-state index in [-0.39, 0.29) is 0 Å². The van der Waals surface area contributed by atoms with E-state index in [0.29, 0.717) is 11.1 Å². The molecule has 0 aliphatic heterocycles. The third-order valence-electron chi connectivity index (χ3n) is 3.49. The van der Waals surface area contributed by atoms with Gasteiger partial charge in [-0.2, -0.15) is 0 Å². The van der Waals surface area contributed by atoms with Crippen LogP contribution < -0.4 is 10.6 Å². The van der Waals surface area contributed by atoms with Crippen molar-refractivity contribution in [2.75, 3.05) is 17.7 Å². The Morgan fingerprint density at radius 3 is 2.56 bits per heavy atom. The molecule has 0 atom stereocenters. The summed E-state index contributed by atoms with van der Waals surface area (Å²) < 4.78 is 0. The second-order valence-corrected chi connectivity index (χ2v) is 5.04. The molecule has 1 aromatic rings. The van der Waals surface area contributed by atoms with Gasteiger partial charge in [-0.15, -0.1) is 0 Å². The van der Waals surface area contributed by atoms with Crippen molar-refractivity contribution in [3.05, 3.63) is 23.2 Å². The number of halogens is 1. The van der Waals surface area contributed by atoms with Gasteiger partial charge in [0, 0.05) is 18.1 Å². The lowest BCUT2D eigenvalue weighted by Gasteiger charge is -2.33. The van der Waals surface area contributed by atoms with Crippen LogP contribution in [-0.2, 0) is 0 Å². The summed E-state index contributed by atoms with van der Waals surface area (Å²) in [6.45, 7) is 0. The van der Waals surface area contributed by atoms with E-state index in [4.69, 9.17) is 17.3 Å². The number of hydrogen-bond donors (Lipinski definition) is 1. The minimum Gasteiger partial charge on any atom is -0.397 e. The van der Waals surface area contributed by atoms with Gasteiger partial charge in [0.15, 0.2) is 0 Å². The lowest BCUT2D eigenvalue weighted by atomic mass is 9.94. The topological polar surface area (TPSA) is 29.3 Å². The molecule has 2 rings (SSSR count). The van der Waals surface area contributed by atoms with Crippen LogP contribution in [0.25, 0.3) is 0 Å². The molecule has 1 saturated carbocycles. The van der Waals surface area contributed by atoms with Crippen LogP contribution in [0.3, 0.4) is 0 Å². The highest BCUT2D eigenvalue weighted by Crippen LogP contribution is 2.31. The quantitative estimate of drug-likeness (QED) is 0.797. The molecular formula is C13H19ClN2. The zero-order chi connectivity index (χ0) is 11.5. The molecule has 0 aromatic heterocycles. The summed E-state index contributed by atoms with van der Waals surface area (Å²) in [6, 6.07) is 6.40. The third-order valence-corrected chi connectivity index (χ3v) is 3.73. The molecule has 0 bridgehead atoms. The zero-order valence-electron chi connectivity index (χ0n) is 9.75. The van der Waals surface area contributed by atoms with Crippen LogP contribution in [0.4, 0.5) is 11.4 Å². The average molecular weight is 239 g/mol. The summed E-state index contributed by atoms with van der Waals surface area (Å²) in [5.41, 5.74) is 7.89. The van der Waals surface area contributed by atoms with Gasteiger partial charge in [-0.05, 0) is 31.0 Å². The Hall–Kier alpha value is -0.890. The van der Waals surface area contributed by atoms with Gasteiger partial charge in [0.2, 0.25) is 0 Å². The molecule has 88 valence electrons. The van der Waals surface area contributed by atoms with Gasteiger partial charge in [-0.3, -0.25) is 0 Å². The smallest absolute Gasteiger partial charge is 0.0600 e. The number of anilines is 2. The van der Waals surface area contributed by atoms with Gasteiger partial charge in [0.25, 0.3) is 0 Å². The summed E-state index contributed by atoms with van der Waals surface area (Å²) in [7, 11) is 2.13. The van der Waals surface area contributed by atoms with E-state index >= 15 is 0 Å². The summed E-state index contributed by atoms with van der Waals surface area (Å²) in [6.07, 6.45) is 6.60. The van der Waals surface area contributed by atoms with Crippen molar-refractivity contribution >= 4 is 23.0 Å². The van der Waals surface area contributed by atoms with Crippen molar-refractivity contribution < 1.29 is 0 Å².